The topological polar surface area (TPSA) is 134 Å². The van der Waals surface area contributed by atoms with Gasteiger partial charge in [0.15, 0.2) is 5.82 Å². The van der Waals surface area contributed by atoms with Gasteiger partial charge in [-0.2, -0.15) is 18.2 Å². The zero-order valence-electron chi connectivity index (χ0n) is 22.7. The summed E-state index contributed by atoms with van der Waals surface area (Å²) in [6.07, 6.45) is -2.29. The fourth-order valence-electron chi connectivity index (χ4n) is 5.70. The summed E-state index contributed by atoms with van der Waals surface area (Å²) >= 11 is 0. The molecule has 2 atom stereocenters. The lowest BCUT2D eigenvalue weighted by molar-refractivity contribution is -0.137. The first-order valence-electron chi connectivity index (χ1n) is 13.3. The molecule has 5 heterocycles. The number of aliphatic hydroxyl groups excluding tert-OH is 1. The number of carbonyl (C=O) groups excluding carboxylic acids is 1. The van der Waals surface area contributed by atoms with Crippen molar-refractivity contribution in [1.29, 1.82) is 0 Å². The average Bonchev–Trinajstić information content (AvgIpc) is 3.44. The standard InChI is InChI=1S/C27H33F3N8O2/c1-15-16(5-4-10-27(28,29)30)22-19(32-15)7-6-18(33-22)17-8-12-38-23(17)24(31)35-25(36-38)34-20-9-11-37(21(40)13-39)14-26(20,2)3/h6-8,12,16,20,39H,4-5,9-11,13-14H2,1-3H3,(H3,31,34,35,36)/t16?,20-/m0/s1. The van der Waals surface area contributed by atoms with Crippen LogP contribution in [0.2, 0.25) is 0 Å². The van der Waals surface area contributed by atoms with Gasteiger partial charge in [-0.15, -0.1) is 5.10 Å². The molecule has 1 amide bonds. The predicted molar refractivity (Wildman–Crippen MR) is 146 cm³/mol. The Morgan fingerprint density at radius 1 is 1.25 bits per heavy atom. The lowest BCUT2D eigenvalue weighted by atomic mass is 9.79. The van der Waals surface area contributed by atoms with Gasteiger partial charge in [0.05, 0.1) is 17.1 Å². The highest BCUT2D eigenvalue weighted by Gasteiger charge is 2.38. The highest BCUT2D eigenvalue weighted by Crippen LogP contribution is 2.40. The lowest BCUT2D eigenvalue weighted by Crippen LogP contribution is -2.54. The van der Waals surface area contributed by atoms with Crippen LogP contribution < -0.4 is 11.1 Å². The molecule has 2 aliphatic rings. The summed E-state index contributed by atoms with van der Waals surface area (Å²) in [5, 5.41) is 17.2. The van der Waals surface area contributed by atoms with Crippen molar-refractivity contribution >= 4 is 34.6 Å². The number of halogens is 3. The molecule has 1 saturated heterocycles. The van der Waals surface area contributed by atoms with Crippen molar-refractivity contribution in [2.45, 2.75) is 64.6 Å². The van der Waals surface area contributed by atoms with Crippen LogP contribution in [-0.4, -0.2) is 73.1 Å². The second-order valence-corrected chi connectivity index (χ2v) is 11.2. The van der Waals surface area contributed by atoms with Crippen molar-refractivity contribution in [3.8, 4) is 11.3 Å². The van der Waals surface area contributed by atoms with Crippen molar-refractivity contribution in [3.05, 3.63) is 30.1 Å². The summed E-state index contributed by atoms with van der Waals surface area (Å²) in [5.41, 5.74) is 10.1. The minimum Gasteiger partial charge on any atom is -0.387 e. The summed E-state index contributed by atoms with van der Waals surface area (Å²) in [4.78, 5) is 27.5. The van der Waals surface area contributed by atoms with Crippen LogP contribution in [0.15, 0.2) is 29.4 Å². The molecule has 214 valence electrons. The second-order valence-electron chi connectivity index (χ2n) is 11.2. The molecule has 0 bridgehead atoms. The summed E-state index contributed by atoms with van der Waals surface area (Å²) in [5.74, 6) is 0.0448. The molecule has 4 N–H and O–H groups in total. The number of aromatic nitrogens is 4. The number of aliphatic imine (C=N–C) groups is 1. The number of hydrogen-bond acceptors (Lipinski definition) is 8. The third-order valence-corrected chi connectivity index (χ3v) is 7.82. The molecule has 2 aliphatic heterocycles. The van der Waals surface area contributed by atoms with Crippen molar-refractivity contribution in [2.75, 3.05) is 30.7 Å². The van der Waals surface area contributed by atoms with E-state index in [1.54, 1.807) is 15.6 Å². The van der Waals surface area contributed by atoms with Gasteiger partial charge in [0, 0.05) is 54.4 Å². The molecule has 0 saturated carbocycles. The molecule has 1 fully saturated rings. The predicted octanol–water partition coefficient (Wildman–Crippen LogP) is 4.33. The van der Waals surface area contributed by atoms with E-state index in [9.17, 15) is 23.1 Å². The minimum absolute atomic E-state index is 0.00563. The van der Waals surface area contributed by atoms with Gasteiger partial charge in [0.1, 0.15) is 12.1 Å². The molecule has 5 rings (SSSR count). The molecule has 0 spiro atoms. The Labute approximate surface area is 229 Å². The van der Waals surface area contributed by atoms with E-state index in [1.165, 1.54) is 0 Å². The second kappa shape index (κ2) is 10.3. The minimum atomic E-state index is -4.19. The zero-order chi connectivity index (χ0) is 28.8. The van der Waals surface area contributed by atoms with Gasteiger partial charge in [0.25, 0.3) is 0 Å². The Hall–Kier alpha value is -3.74. The summed E-state index contributed by atoms with van der Waals surface area (Å²) in [6, 6.07) is 5.46. The summed E-state index contributed by atoms with van der Waals surface area (Å²) in [7, 11) is 0. The van der Waals surface area contributed by atoms with Gasteiger partial charge in [-0.05, 0) is 44.4 Å². The Morgan fingerprint density at radius 2 is 2.02 bits per heavy atom. The Balaban J connectivity index is 1.37. The third kappa shape index (κ3) is 5.47. The molecule has 0 aliphatic carbocycles. The maximum absolute atomic E-state index is 12.7. The zero-order valence-corrected chi connectivity index (χ0v) is 22.7. The molecule has 0 radical (unpaired) electrons. The number of nitrogens with one attached hydrogen (secondary N) is 1. The number of anilines is 2. The van der Waals surface area contributed by atoms with Crippen LogP contribution in [0.5, 0.6) is 0 Å². The number of alkyl halides is 3. The number of aliphatic hydroxyl groups is 1. The Bertz CT molecular complexity index is 1470. The quantitative estimate of drug-likeness (QED) is 0.393. The summed E-state index contributed by atoms with van der Waals surface area (Å²) in [6.45, 7) is 6.39. The monoisotopic (exact) mass is 558 g/mol. The SMILES string of the molecule is CC1=Nc2ccc(-c3ccn4nc(N[C@H]5CCN(C(=O)CO)CC5(C)C)nc(N)c34)nc2C1CCCC(F)(F)F. The van der Waals surface area contributed by atoms with Crippen LogP contribution in [0.25, 0.3) is 16.8 Å². The van der Waals surface area contributed by atoms with Crippen molar-refractivity contribution in [3.63, 3.8) is 0 Å². The molecule has 3 aromatic rings. The number of rotatable bonds is 7. The summed E-state index contributed by atoms with van der Waals surface area (Å²) < 4.78 is 39.8. The molecule has 10 nitrogen and oxygen atoms in total. The highest BCUT2D eigenvalue weighted by atomic mass is 19.4. The first-order valence-corrected chi connectivity index (χ1v) is 13.3. The number of nitrogens with two attached hydrogens (primary N) is 1. The number of nitrogen functional groups attached to an aromatic ring is 1. The number of carbonyl (C=O) groups is 1. The van der Waals surface area contributed by atoms with E-state index in [0.717, 1.165) is 5.71 Å². The molecule has 13 heteroatoms. The molecule has 3 aromatic heterocycles. The van der Waals surface area contributed by atoms with E-state index in [2.05, 4.69) is 20.4 Å². The van der Waals surface area contributed by atoms with Crippen molar-refractivity contribution in [1.82, 2.24) is 24.5 Å². The smallest absolute Gasteiger partial charge is 0.387 e. The fraction of sp³-hybridized carbons (Fsp3) is 0.519. The van der Waals surface area contributed by atoms with E-state index >= 15 is 0 Å². The van der Waals surface area contributed by atoms with Gasteiger partial charge in [-0.3, -0.25) is 9.79 Å². The van der Waals surface area contributed by atoms with Crippen molar-refractivity contribution in [2.24, 2.45) is 10.4 Å². The van der Waals surface area contributed by atoms with E-state index in [1.807, 2.05) is 39.0 Å². The first kappa shape index (κ1) is 27.8. The number of hydrogen-bond donors (Lipinski definition) is 3. The number of amides is 1. The van der Waals surface area contributed by atoms with E-state index in [-0.39, 0.29) is 35.5 Å². The molecular weight excluding hydrogens is 525 g/mol. The highest BCUT2D eigenvalue weighted by molar-refractivity contribution is 5.96. The van der Waals surface area contributed by atoms with Gasteiger partial charge in [-0.1, -0.05) is 13.8 Å². The van der Waals surface area contributed by atoms with Gasteiger partial charge in [0.2, 0.25) is 11.9 Å². The molecule has 1 unspecified atom stereocenters. The fourth-order valence-corrected chi connectivity index (χ4v) is 5.70. The molecule has 0 aromatic carbocycles. The first-order chi connectivity index (χ1) is 18.9. The van der Waals surface area contributed by atoms with Crippen LogP contribution in [0.3, 0.4) is 0 Å². The maximum atomic E-state index is 12.7. The largest absolute Gasteiger partial charge is 0.389 e. The maximum Gasteiger partial charge on any atom is 0.389 e. The van der Waals surface area contributed by atoms with Gasteiger partial charge < -0.3 is 21.1 Å². The molecule has 40 heavy (non-hydrogen) atoms. The number of pyridine rings is 1. The number of piperidine rings is 1. The Kier molecular flexibility index (Phi) is 7.19. The third-order valence-electron chi connectivity index (χ3n) is 7.82. The molecular formula is C27H33F3N8O2. The van der Waals surface area contributed by atoms with Crippen LogP contribution in [-0.2, 0) is 4.79 Å². The Morgan fingerprint density at radius 3 is 2.73 bits per heavy atom. The number of fused-ring (bicyclic) bond motifs is 2. The van der Waals surface area contributed by atoms with Gasteiger partial charge >= 0.3 is 6.18 Å². The van der Waals surface area contributed by atoms with E-state index < -0.39 is 19.2 Å². The lowest BCUT2D eigenvalue weighted by Gasteiger charge is -2.44. The van der Waals surface area contributed by atoms with E-state index in [4.69, 9.17) is 10.7 Å². The van der Waals surface area contributed by atoms with Crippen LogP contribution >= 0.6 is 0 Å². The van der Waals surface area contributed by atoms with Crippen LogP contribution in [0.1, 0.15) is 58.1 Å². The average molecular weight is 559 g/mol. The number of nitrogens with zero attached hydrogens (tertiary/aromatic N) is 6. The number of likely N-dealkylation sites (tertiary alicyclic amines) is 1. The van der Waals surface area contributed by atoms with Crippen LogP contribution in [0, 0.1) is 5.41 Å². The van der Waals surface area contributed by atoms with E-state index in [0.29, 0.717) is 60.0 Å². The van der Waals surface area contributed by atoms with Gasteiger partial charge in [-0.25, -0.2) is 9.50 Å². The van der Waals surface area contributed by atoms with Crippen LogP contribution in [0.4, 0.5) is 30.6 Å². The normalized spacial score (nSPS) is 20.5. The van der Waals surface area contributed by atoms with Crippen molar-refractivity contribution < 1.29 is 23.1 Å².